The molecule has 0 bridgehead atoms. The Morgan fingerprint density at radius 2 is 1.82 bits per heavy atom. The van der Waals surface area contributed by atoms with E-state index in [0.29, 0.717) is 30.7 Å². The minimum absolute atomic E-state index is 0.0872. The van der Waals surface area contributed by atoms with Crippen molar-refractivity contribution in [1.82, 2.24) is 0 Å². The van der Waals surface area contributed by atoms with Crippen LogP contribution in [-0.2, 0) is 9.53 Å². The second-order valence-corrected chi connectivity index (χ2v) is 8.16. The first-order valence-corrected chi connectivity index (χ1v) is 10.1. The minimum Gasteiger partial charge on any atom is -0.511 e. The van der Waals surface area contributed by atoms with Gasteiger partial charge in [0.1, 0.15) is 5.76 Å². The fourth-order valence-electron chi connectivity index (χ4n) is 3.22. The Labute approximate surface area is 167 Å². The number of unbranched alkanes of at least 4 members (excludes halogenated alkanes) is 4. The molecule has 0 atom stereocenters. The third kappa shape index (κ3) is 6.63. The first-order valence-electron chi connectivity index (χ1n) is 10.1. The molecular weight excluding hydrogens is 354 g/mol. The van der Waals surface area contributed by atoms with Gasteiger partial charge < -0.3 is 9.84 Å². The predicted octanol–water partition coefficient (Wildman–Crippen LogP) is 5.72. The summed E-state index contributed by atoms with van der Waals surface area (Å²) >= 11 is 0. The second kappa shape index (κ2) is 10.2. The maximum Gasteiger partial charge on any atom is 0.338 e. The van der Waals surface area contributed by atoms with Gasteiger partial charge in [0.2, 0.25) is 0 Å². The molecule has 1 aliphatic rings. The van der Waals surface area contributed by atoms with E-state index in [4.69, 9.17) is 4.74 Å². The molecule has 0 fully saturated rings. The number of esters is 1. The van der Waals surface area contributed by atoms with Crippen LogP contribution >= 0.6 is 0 Å². The highest BCUT2D eigenvalue weighted by atomic mass is 16.5. The van der Waals surface area contributed by atoms with Gasteiger partial charge in [-0.25, -0.2) is 4.79 Å². The van der Waals surface area contributed by atoms with Crippen molar-refractivity contribution < 1.29 is 19.4 Å². The number of ether oxygens (including phenoxy) is 1. The zero-order valence-corrected chi connectivity index (χ0v) is 17.2. The van der Waals surface area contributed by atoms with Crippen LogP contribution in [0.25, 0.3) is 0 Å². The van der Waals surface area contributed by atoms with Crippen molar-refractivity contribution in [2.75, 3.05) is 6.61 Å². The second-order valence-electron chi connectivity index (χ2n) is 8.16. The summed E-state index contributed by atoms with van der Waals surface area (Å²) in [6.45, 7) is 6.52. The third-order valence-electron chi connectivity index (χ3n) is 4.82. The van der Waals surface area contributed by atoms with Crippen LogP contribution in [0.4, 0.5) is 5.69 Å². The fourth-order valence-corrected chi connectivity index (χ4v) is 3.22. The van der Waals surface area contributed by atoms with Crippen molar-refractivity contribution >= 4 is 23.7 Å². The van der Waals surface area contributed by atoms with Crippen molar-refractivity contribution in [2.24, 2.45) is 10.4 Å². The average Bonchev–Trinajstić information content (AvgIpc) is 2.63. The lowest BCUT2D eigenvalue weighted by Crippen LogP contribution is -2.26. The van der Waals surface area contributed by atoms with E-state index in [1.165, 1.54) is 25.5 Å². The van der Waals surface area contributed by atoms with Crippen LogP contribution in [0.1, 0.15) is 76.1 Å². The van der Waals surface area contributed by atoms with E-state index in [1.54, 1.807) is 24.3 Å². The molecule has 152 valence electrons. The minimum atomic E-state index is -0.337. The number of benzene rings is 1. The molecule has 0 spiro atoms. The summed E-state index contributed by atoms with van der Waals surface area (Å²) in [5.41, 5.74) is 1.13. The molecule has 5 nitrogen and oxygen atoms in total. The number of allylic oxidation sites excluding steroid dienone is 2. The molecule has 1 aliphatic carbocycles. The summed E-state index contributed by atoms with van der Waals surface area (Å²) in [5.74, 6) is -0.350. The number of aliphatic hydroxyl groups is 1. The van der Waals surface area contributed by atoms with E-state index in [1.807, 2.05) is 13.8 Å². The van der Waals surface area contributed by atoms with Gasteiger partial charge >= 0.3 is 5.97 Å². The number of carbonyl (C=O) groups is 2. The van der Waals surface area contributed by atoms with E-state index in [0.717, 1.165) is 12.8 Å². The van der Waals surface area contributed by atoms with Gasteiger partial charge in [-0.3, -0.25) is 9.79 Å². The molecular formula is C23H31NO4. The molecule has 0 radical (unpaired) electrons. The molecule has 0 saturated heterocycles. The molecule has 1 aromatic carbocycles. The van der Waals surface area contributed by atoms with Crippen LogP contribution < -0.4 is 0 Å². The first kappa shape index (κ1) is 21.9. The number of ketones is 1. The summed E-state index contributed by atoms with van der Waals surface area (Å²) in [6, 6.07) is 6.71. The van der Waals surface area contributed by atoms with Crippen LogP contribution in [0.2, 0.25) is 0 Å². The van der Waals surface area contributed by atoms with Gasteiger partial charge in [-0.15, -0.1) is 0 Å². The Hall–Kier alpha value is -2.43. The van der Waals surface area contributed by atoms with E-state index in [9.17, 15) is 14.7 Å². The molecule has 0 amide bonds. The number of hydrogen-bond acceptors (Lipinski definition) is 5. The molecule has 1 aromatic rings. The number of nitrogens with zero attached hydrogens (tertiary/aromatic N) is 1. The summed E-state index contributed by atoms with van der Waals surface area (Å²) < 4.78 is 5.29. The van der Waals surface area contributed by atoms with E-state index >= 15 is 0 Å². The average molecular weight is 386 g/mol. The maximum atomic E-state index is 12.2. The number of Topliss-reactive ketones (excluding diaryl/α,β-unsaturated/α-hetero) is 1. The number of aliphatic imine (C=N–C) groups is 1. The number of hydrogen-bond donors (Lipinski definition) is 1. The van der Waals surface area contributed by atoms with Gasteiger partial charge in [-0.2, -0.15) is 0 Å². The predicted molar refractivity (Wildman–Crippen MR) is 111 cm³/mol. The standard InChI is InChI=1S/C23H31NO4/c1-4-5-6-7-8-13-28-22(27)17-9-11-18(12-10-17)24-16-19-20(25)14-23(2,3)15-21(19)26/h9-12,16,25H,4-8,13-15H2,1-3H3. The van der Waals surface area contributed by atoms with E-state index in [-0.39, 0.29) is 28.5 Å². The summed E-state index contributed by atoms with van der Waals surface area (Å²) in [6.07, 6.45) is 7.81. The third-order valence-corrected chi connectivity index (χ3v) is 4.82. The van der Waals surface area contributed by atoms with Gasteiger partial charge in [0, 0.05) is 19.1 Å². The highest BCUT2D eigenvalue weighted by Gasteiger charge is 2.32. The number of rotatable bonds is 9. The molecule has 1 N–H and O–H groups in total. The van der Waals surface area contributed by atoms with Gasteiger partial charge in [-0.1, -0.05) is 46.5 Å². The zero-order chi connectivity index (χ0) is 20.6. The van der Waals surface area contributed by atoms with E-state index in [2.05, 4.69) is 11.9 Å². The van der Waals surface area contributed by atoms with Crippen LogP contribution in [-0.4, -0.2) is 29.7 Å². The highest BCUT2D eigenvalue weighted by Crippen LogP contribution is 2.35. The zero-order valence-electron chi connectivity index (χ0n) is 17.2. The van der Waals surface area contributed by atoms with Crippen molar-refractivity contribution in [1.29, 1.82) is 0 Å². The molecule has 28 heavy (non-hydrogen) atoms. The quantitative estimate of drug-likeness (QED) is 0.335. The van der Waals surface area contributed by atoms with Gasteiger partial charge in [-0.05, 0) is 36.1 Å². The molecule has 0 heterocycles. The van der Waals surface area contributed by atoms with Crippen molar-refractivity contribution in [3.63, 3.8) is 0 Å². The lowest BCUT2D eigenvalue weighted by molar-refractivity contribution is -0.117. The number of carbonyl (C=O) groups excluding carboxylic acids is 2. The van der Waals surface area contributed by atoms with Crippen molar-refractivity contribution in [3.8, 4) is 0 Å². The van der Waals surface area contributed by atoms with Crippen LogP contribution in [0, 0.1) is 5.41 Å². The Morgan fingerprint density at radius 3 is 2.46 bits per heavy atom. The lowest BCUT2D eigenvalue weighted by Gasteiger charge is -2.28. The Balaban J connectivity index is 1.89. The summed E-state index contributed by atoms with van der Waals surface area (Å²) in [7, 11) is 0. The fraction of sp³-hybridized carbons (Fsp3) is 0.522. The van der Waals surface area contributed by atoms with Crippen LogP contribution in [0.5, 0.6) is 0 Å². The first-order chi connectivity index (χ1) is 13.3. The van der Waals surface area contributed by atoms with Gasteiger partial charge in [0.05, 0.1) is 23.4 Å². The molecule has 0 saturated carbocycles. The van der Waals surface area contributed by atoms with E-state index < -0.39 is 0 Å². The molecule has 5 heteroatoms. The van der Waals surface area contributed by atoms with Crippen LogP contribution in [0.15, 0.2) is 40.6 Å². The topological polar surface area (TPSA) is 76.0 Å². The monoisotopic (exact) mass is 385 g/mol. The maximum absolute atomic E-state index is 12.2. The molecule has 0 unspecified atom stereocenters. The Kier molecular flexibility index (Phi) is 7.97. The SMILES string of the molecule is CCCCCCCOC(=O)c1ccc(N=CC2=C(O)CC(C)(C)CC2=O)cc1. The Bertz CT molecular complexity index is 744. The van der Waals surface area contributed by atoms with Gasteiger partial charge in [0.25, 0.3) is 0 Å². The van der Waals surface area contributed by atoms with Crippen molar-refractivity contribution in [3.05, 3.63) is 41.2 Å². The molecule has 0 aliphatic heterocycles. The van der Waals surface area contributed by atoms with Crippen molar-refractivity contribution in [2.45, 2.75) is 65.7 Å². The lowest BCUT2D eigenvalue weighted by atomic mass is 9.77. The largest absolute Gasteiger partial charge is 0.511 e. The number of aliphatic hydroxyl groups excluding tert-OH is 1. The van der Waals surface area contributed by atoms with Crippen LogP contribution in [0.3, 0.4) is 0 Å². The smallest absolute Gasteiger partial charge is 0.338 e. The molecule has 0 aromatic heterocycles. The highest BCUT2D eigenvalue weighted by molar-refractivity contribution is 6.14. The molecule has 2 rings (SSSR count). The summed E-state index contributed by atoms with van der Waals surface area (Å²) in [5, 5.41) is 10.1. The van der Waals surface area contributed by atoms with Gasteiger partial charge in [0.15, 0.2) is 5.78 Å². The summed E-state index contributed by atoms with van der Waals surface area (Å²) in [4.78, 5) is 28.5. The Morgan fingerprint density at radius 1 is 1.14 bits per heavy atom. The normalized spacial score (nSPS) is 16.6.